The lowest BCUT2D eigenvalue weighted by atomic mass is 9.82. The Labute approximate surface area is 169 Å². The van der Waals surface area contributed by atoms with E-state index >= 15 is 0 Å². The van der Waals surface area contributed by atoms with Crippen LogP contribution in [0, 0.1) is 17.7 Å². The number of hydrogen-bond acceptors (Lipinski definition) is 6. The van der Waals surface area contributed by atoms with Crippen molar-refractivity contribution >= 4 is 18.1 Å². The zero-order valence-electron chi connectivity index (χ0n) is 15.6. The van der Waals surface area contributed by atoms with E-state index in [0.29, 0.717) is 0 Å². The second-order valence-electron chi connectivity index (χ2n) is 6.87. The molecule has 1 aliphatic heterocycles. The van der Waals surface area contributed by atoms with Gasteiger partial charge in [-0.15, -0.1) is 30.7 Å². The van der Waals surface area contributed by atoms with Gasteiger partial charge in [0.1, 0.15) is 0 Å². The molecule has 2 heterocycles. The Balaban J connectivity index is 0.00000300. The minimum Gasteiger partial charge on any atom is -0.400 e. The molecule has 0 bridgehead atoms. The van der Waals surface area contributed by atoms with E-state index in [1.54, 1.807) is 0 Å². The first kappa shape index (κ1) is 23.0. The van der Waals surface area contributed by atoms with Crippen molar-refractivity contribution in [2.75, 3.05) is 18.4 Å². The molecule has 0 radical (unpaired) electrons. The number of anilines is 1. The maximum absolute atomic E-state index is 14.5. The summed E-state index contributed by atoms with van der Waals surface area (Å²) in [6.45, 7) is 5.44. The SMILES string of the molecule is CC(Nc1cc(-c2n[nH]c(=O)o2)cc(F)c1OC(F)(F)F)[C@H]1CCNC[C@H]1C.Cl. The summed E-state index contributed by atoms with van der Waals surface area (Å²) in [5.41, 5.74) is -0.199. The van der Waals surface area contributed by atoms with Crippen molar-refractivity contribution in [1.82, 2.24) is 15.5 Å². The monoisotopic (exact) mass is 440 g/mol. The fourth-order valence-corrected chi connectivity index (χ4v) is 3.53. The van der Waals surface area contributed by atoms with Crippen LogP contribution in [-0.2, 0) is 0 Å². The molecule has 162 valence electrons. The van der Waals surface area contributed by atoms with Crippen LogP contribution in [0.25, 0.3) is 11.5 Å². The third-order valence-corrected chi connectivity index (χ3v) is 4.82. The number of halogens is 5. The third-order valence-electron chi connectivity index (χ3n) is 4.82. The highest BCUT2D eigenvalue weighted by Gasteiger charge is 2.35. The molecule has 1 aromatic carbocycles. The summed E-state index contributed by atoms with van der Waals surface area (Å²) < 4.78 is 61.5. The average molecular weight is 441 g/mol. The number of nitrogens with zero attached hydrogens (tertiary/aromatic N) is 1. The first-order valence-corrected chi connectivity index (χ1v) is 8.76. The van der Waals surface area contributed by atoms with Gasteiger partial charge in [0, 0.05) is 11.6 Å². The van der Waals surface area contributed by atoms with E-state index in [4.69, 9.17) is 4.42 Å². The molecule has 3 N–H and O–H groups in total. The lowest BCUT2D eigenvalue weighted by Crippen LogP contribution is -2.42. The number of hydrogen-bond donors (Lipinski definition) is 3. The van der Waals surface area contributed by atoms with Gasteiger partial charge in [0.05, 0.1) is 5.69 Å². The van der Waals surface area contributed by atoms with Gasteiger partial charge in [0.2, 0.25) is 5.89 Å². The quantitative estimate of drug-likeness (QED) is 0.616. The molecule has 29 heavy (non-hydrogen) atoms. The zero-order valence-corrected chi connectivity index (χ0v) is 16.4. The Hall–Kier alpha value is -2.27. The number of aromatic amines is 1. The topological polar surface area (TPSA) is 92.2 Å². The molecule has 7 nitrogen and oxygen atoms in total. The van der Waals surface area contributed by atoms with Crippen LogP contribution in [0.1, 0.15) is 20.3 Å². The second kappa shape index (κ2) is 9.04. The van der Waals surface area contributed by atoms with Crippen molar-refractivity contribution in [1.29, 1.82) is 0 Å². The summed E-state index contributed by atoms with van der Waals surface area (Å²) in [6, 6.07) is 1.72. The normalized spacial score (nSPS) is 20.6. The number of nitrogens with one attached hydrogen (secondary N) is 3. The lowest BCUT2D eigenvalue weighted by Gasteiger charge is -2.35. The molecule has 3 rings (SSSR count). The van der Waals surface area contributed by atoms with Gasteiger partial charge in [-0.2, -0.15) is 0 Å². The van der Waals surface area contributed by atoms with Gasteiger partial charge in [-0.05, 0) is 50.4 Å². The largest absolute Gasteiger partial charge is 0.573 e. The summed E-state index contributed by atoms with van der Waals surface area (Å²) >= 11 is 0. The summed E-state index contributed by atoms with van der Waals surface area (Å²) in [5, 5.41) is 11.8. The molecule has 0 amide bonds. The molecule has 0 aliphatic carbocycles. The number of aromatic nitrogens is 2. The van der Waals surface area contributed by atoms with Gasteiger partial charge in [-0.1, -0.05) is 6.92 Å². The number of alkyl halides is 3. The summed E-state index contributed by atoms with van der Waals surface area (Å²) in [4.78, 5) is 11.1. The van der Waals surface area contributed by atoms with Crippen molar-refractivity contribution < 1.29 is 26.7 Å². The Bertz CT molecular complexity index is 886. The molecule has 1 aromatic heterocycles. The van der Waals surface area contributed by atoms with Crippen molar-refractivity contribution in [3.05, 3.63) is 28.5 Å². The maximum Gasteiger partial charge on any atom is 0.573 e. The van der Waals surface area contributed by atoms with E-state index in [0.717, 1.165) is 25.6 Å². The summed E-state index contributed by atoms with van der Waals surface area (Å²) in [6.07, 6.45) is -4.25. The van der Waals surface area contributed by atoms with Crippen molar-refractivity contribution in [2.24, 2.45) is 11.8 Å². The Morgan fingerprint density at radius 2 is 2.10 bits per heavy atom. The smallest absolute Gasteiger partial charge is 0.400 e. The van der Waals surface area contributed by atoms with Crippen LogP contribution in [0.2, 0.25) is 0 Å². The van der Waals surface area contributed by atoms with Gasteiger partial charge in [-0.25, -0.2) is 14.3 Å². The third kappa shape index (κ3) is 5.63. The van der Waals surface area contributed by atoms with E-state index in [1.807, 2.05) is 18.9 Å². The lowest BCUT2D eigenvalue weighted by molar-refractivity contribution is -0.275. The Morgan fingerprint density at radius 3 is 2.69 bits per heavy atom. The van der Waals surface area contributed by atoms with Crippen LogP contribution in [0.5, 0.6) is 5.75 Å². The predicted octanol–water partition coefficient (Wildman–Crippen LogP) is 3.54. The maximum atomic E-state index is 14.5. The van der Waals surface area contributed by atoms with Gasteiger partial charge in [0.25, 0.3) is 0 Å². The Kier molecular flexibility index (Phi) is 7.17. The number of piperidine rings is 1. The van der Waals surface area contributed by atoms with Gasteiger partial charge in [0.15, 0.2) is 11.6 Å². The van der Waals surface area contributed by atoms with Crippen molar-refractivity contribution in [2.45, 2.75) is 32.7 Å². The van der Waals surface area contributed by atoms with Gasteiger partial charge < -0.3 is 19.8 Å². The van der Waals surface area contributed by atoms with E-state index in [9.17, 15) is 22.4 Å². The van der Waals surface area contributed by atoms with E-state index < -0.39 is 23.7 Å². The molecule has 0 saturated carbocycles. The van der Waals surface area contributed by atoms with Crippen LogP contribution in [0.3, 0.4) is 0 Å². The number of H-pyrrole nitrogens is 1. The molecular formula is C17H21ClF4N4O3. The second-order valence-corrected chi connectivity index (χ2v) is 6.87. The Morgan fingerprint density at radius 1 is 1.38 bits per heavy atom. The number of ether oxygens (including phenoxy) is 1. The molecule has 1 fully saturated rings. The molecule has 0 spiro atoms. The fraction of sp³-hybridized carbons (Fsp3) is 0.529. The standard InChI is InChI=1S/C17H20F4N4O3.ClH/c1-8-7-22-4-3-11(8)9(2)23-13-6-10(15-24-25-16(26)27-15)5-12(18)14(13)28-17(19,20)21;/h5-6,8-9,11,22-23H,3-4,7H2,1-2H3,(H,25,26);1H/t8-,9?,11+;/m1./s1. The van der Waals surface area contributed by atoms with E-state index in [1.165, 1.54) is 6.07 Å². The van der Waals surface area contributed by atoms with Crippen molar-refractivity contribution in [3.63, 3.8) is 0 Å². The zero-order chi connectivity index (χ0) is 20.5. The molecule has 2 aromatic rings. The molecule has 1 unspecified atom stereocenters. The van der Waals surface area contributed by atoms with Crippen LogP contribution >= 0.6 is 12.4 Å². The van der Waals surface area contributed by atoms with E-state index in [-0.39, 0.29) is 47.4 Å². The first-order valence-electron chi connectivity index (χ1n) is 8.76. The van der Waals surface area contributed by atoms with Crippen LogP contribution in [0.15, 0.2) is 21.3 Å². The minimum absolute atomic E-state index is 0. The summed E-state index contributed by atoms with van der Waals surface area (Å²) in [7, 11) is 0. The highest BCUT2D eigenvalue weighted by molar-refractivity contribution is 5.85. The molecule has 1 aliphatic rings. The van der Waals surface area contributed by atoms with Crippen LogP contribution in [-0.4, -0.2) is 35.7 Å². The van der Waals surface area contributed by atoms with Gasteiger partial charge >= 0.3 is 12.1 Å². The van der Waals surface area contributed by atoms with Crippen LogP contribution < -0.4 is 21.1 Å². The minimum atomic E-state index is -5.07. The fourth-order valence-electron chi connectivity index (χ4n) is 3.53. The average Bonchev–Trinajstić information content (AvgIpc) is 3.03. The molecule has 12 heteroatoms. The van der Waals surface area contributed by atoms with Crippen LogP contribution in [0.4, 0.5) is 23.2 Å². The first-order chi connectivity index (χ1) is 13.1. The molecule has 1 saturated heterocycles. The van der Waals surface area contributed by atoms with E-state index in [2.05, 4.69) is 20.5 Å². The molecular weight excluding hydrogens is 420 g/mol. The highest BCUT2D eigenvalue weighted by atomic mass is 35.5. The summed E-state index contributed by atoms with van der Waals surface area (Å²) in [5.74, 6) is -2.89. The number of rotatable bonds is 5. The predicted molar refractivity (Wildman–Crippen MR) is 99.7 cm³/mol. The van der Waals surface area contributed by atoms with Gasteiger partial charge in [-0.3, -0.25) is 0 Å². The molecule has 3 atom stereocenters. The van der Waals surface area contributed by atoms with Crippen molar-refractivity contribution in [3.8, 4) is 17.2 Å². The highest BCUT2D eigenvalue weighted by Crippen LogP contribution is 2.38. The number of benzene rings is 1.